The summed E-state index contributed by atoms with van der Waals surface area (Å²) in [5.74, 6) is -0.458. The van der Waals surface area contributed by atoms with E-state index in [1.54, 1.807) is 6.08 Å². The number of unbranched alkanes of at least 4 members (excludes halogenated alkanes) is 6. The van der Waals surface area contributed by atoms with Gasteiger partial charge in [0.05, 0.1) is 13.2 Å². The molecule has 0 saturated heterocycles. The van der Waals surface area contributed by atoms with E-state index in [1.165, 1.54) is 25.7 Å². The zero-order chi connectivity index (χ0) is 16.5. The molecule has 0 aromatic rings. The molecule has 4 nitrogen and oxygen atoms in total. The minimum absolute atomic E-state index is 0.215. The van der Waals surface area contributed by atoms with E-state index in [0.717, 1.165) is 25.7 Å². The van der Waals surface area contributed by atoms with E-state index in [2.05, 4.69) is 13.5 Å². The van der Waals surface area contributed by atoms with Crippen molar-refractivity contribution in [3.8, 4) is 0 Å². The molecule has 0 radical (unpaired) electrons. The third-order valence-corrected chi connectivity index (χ3v) is 3.34. The molecule has 0 bridgehead atoms. The van der Waals surface area contributed by atoms with Gasteiger partial charge in [0, 0.05) is 12.8 Å². The highest BCUT2D eigenvalue weighted by atomic mass is 16.5. The van der Waals surface area contributed by atoms with Crippen molar-refractivity contribution in [1.82, 2.24) is 0 Å². The molecule has 0 fully saturated rings. The van der Waals surface area contributed by atoms with Crippen LogP contribution in [0.15, 0.2) is 12.7 Å². The molecule has 0 aromatic carbocycles. The molecule has 0 unspecified atom stereocenters. The van der Waals surface area contributed by atoms with Gasteiger partial charge in [0.15, 0.2) is 0 Å². The van der Waals surface area contributed by atoms with E-state index < -0.39 is 0 Å². The number of carbonyl (C=O) groups excluding carboxylic acids is 2. The standard InChI is InChI=1S/C18H32O4/c1-3-5-7-8-9-11-16-22-18(20)14-12-13-17(19)21-15-10-6-4-2/h4H,2-3,5-16H2,1H3. The molecular weight excluding hydrogens is 280 g/mol. The van der Waals surface area contributed by atoms with E-state index in [9.17, 15) is 9.59 Å². The highest BCUT2D eigenvalue weighted by molar-refractivity contribution is 5.72. The highest BCUT2D eigenvalue weighted by Crippen LogP contribution is 2.06. The van der Waals surface area contributed by atoms with Crippen LogP contribution in [0.25, 0.3) is 0 Å². The Balaban J connectivity index is 3.34. The fraction of sp³-hybridized carbons (Fsp3) is 0.778. The van der Waals surface area contributed by atoms with Crippen molar-refractivity contribution < 1.29 is 19.1 Å². The number of rotatable bonds is 15. The van der Waals surface area contributed by atoms with Gasteiger partial charge in [0.1, 0.15) is 0 Å². The van der Waals surface area contributed by atoms with Crippen molar-refractivity contribution >= 4 is 11.9 Å². The highest BCUT2D eigenvalue weighted by Gasteiger charge is 2.07. The van der Waals surface area contributed by atoms with E-state index >= 15 is 0 Å². The van der Waals surface area contributed by atoms with Gasteiger partial charge >= 0.3 is 11.9 Å². The van der Waals surface area contributed by atoms with Crippen LogP contribution in [0, 0.1) is 0 Å². The summed E-state index contributed by atoms with van der Waals surface area (Å²) in [5.41, 5.74) is 0. The van der Waals surface area contributed by atoms with Crippen molar-refractivity contribution in [2.45, 2.75) is 77.6 Å². The first-order valence-electron chi connectivity index (χ1n) is 8.62. The van der Waals surface area contributed by atoms with Crippen LogP contribution >= 0.6 is 0 Å². The molecule has 0 aromatic heterocycles. The lowest BCUT2D eigenvalue weighted by molar-refractivity contribution is -0.145. The summed E-state index contributed by atoms with van der Waals surface area (Å²) in [5, 5.41) is 0. The summed E-state index contributed by atoms with van der Waals surface area (Å²) in [4.78, 5) is 22.8. The Hall–Kier alpha value is -1.32. The lowest BCUT2D eigenvalue weighted by atomic mass is 10.1. The fourth-order valence-corrected chi connectivity index (χ4v) is 2.00. The summed E-state index contributed by atoms with van der Waals surface area (Å²) in [6.07, 6.45) is 11.6. The van der Waals surface area contributed by atoms with Crippen LogP contribution in [-0.4, -0.2) is 25.2 Å². The number of hydrogen-bond donors (Lipinski definition) is 0. The van der Waals surface area contributed by atoms with Gasteiger partial charge in [-0.05, 0) is 25.7 Å². The van der Waals surface area contributed by atoms with Crippen LogP contribution < -0.4 is 0 Å². The zero-order valence-corrected chi connectivity index (χ0v) is 14.1. The summed E-state index contributed by atoms with van der Waals surface area (Å²) >= 11 is 0. The Bertz CT molecular complexity index is 299. The Morgan fingerprint density at radius 2 is 1.36 bits per heavy atom. The second-order valence-corrected chi connectivity index (χ2v) is 5.49. The largest absolute Gasteiger partial charge is 0.466 e. The maximum atomic E-state index is 11.5. The van der Waals surface area contributed by atoms with Crippen LogP contribution in [0.5, 0.6) is 0 Å². The first-order chi connectivity index (χ1) is 10.7. The van der Waals surface area contributed by atoms with Crippen LogP contribution in [0.3, 0.4) is 0 Å². The molecule has 128 valence electrons. The number of hydrogen-bond acceptors (Lipinski definition) is 4. The van der Waals surface area contributed by atoms with Crippen LogP contribution in [0.2, 0.25) is 0 Å². The fourth-order valence-electron chi connectivity index (χ4n) is 2.00. The summed E-state index contributed by atoms with van der Waals surface area (Å²) in [6.45, 7) is 6.72. The smallest absolute Gasteiger partial charge is 0.305 e. The average Bonchev–Trinajstić information content (AvgIpc) is 2.51. The molecule has 0 atom stereocenters. The Labute approximate surface area is 135 Å². The second-order valence-electron chi connectivity index (χ2n) is 5.49. The third-order valence-electron chi connectivity index (χ3n) is 3.34. The third kappa shape index (κ3) is 15.1. The first kappa shape index (κ1) is 20.7. The van der Waals surface area contributed by atoms with Gasteiger partial charge < -0.3 is 9.47 Å². The van der Waals surface area contributed by atoms with Crippen molar-refractivity contribution in [2.75, 3.05) is 13.2 Å². The lowest BCUT2D eigenvalue weighted by Crippen LogP contribution is -2.09. The molecule has 0 rings (SSSR count). The van der Waals surface area contributed by atoms with Gasteiger partial charge in [-0.2, -0.15) is 0 Å². The molecule has 0 spiro atoms. The molecule has 0 aliphatic rings. The molecule has 0 N–H and O–H groups in total. The topological polar surface area (TPSA) is 52.6 Å². The maximum Gasteiger partial charge on any atom is 0.305 e. The predicted molar refractivity (Wildman–Crippen MR) is 88.6 cm³/mol. The molecule has 0 aliphatic heterocycles. The van der Waals surface area contributed by atoms with Gasteiger partial charge in [-0.3, -0.25) is 9.59 Å². The van der Waals surface area contributed by atoms with Gasteiger partial charge in [0.25, 0.3) is 0 Å². The number of esters is 2. The zero-order valence-electron chi connectivity index (χ0n) is 14.1. The average molecular weight is 312 g/mol. The summed E-state index contributed by atoms with van der Waals surface area (Å²) < 4.78 is 10.2. The lowest BCUT2D eigenvalue weighted by Gasteiger charge is -2.05. The molecule has 0 heterocycles. The second kappa shape index (κ2) is 16.1. The maximum absolute atomic E-state index is 11.5. The van der Waals surface area contributed by atoms with Gasteiger partial charge in [0.2, 0.25) is 0 Å². The first-order valence-corrected chi connectivity index (χ1v) is 8.62. The van der Waals surface area contributed by atoms with Crippen LogP contribution in [0.4, 0.5) is 0 Å². The monoisotopic (exact) mass is 312 g/mol. The number of allylic oxidation sites excluding steroid dienone is 1. The van der Waals surface area contributed by atoms with Gasteiger partial charge in [-0.15, -0.1) is 6.58 Å². The van der Waals surface area contributed by atoms with Crippen LogP contribution in [-0.2, 0) is 19.1 Å². The Morgan fingerprint density at radius 3 is 1.95 bits per heavy atom. The SMILES string of the molecule is C=CCCCOC(=O)CCCC(=O)OCCCCCCCC. The van der Waals surface area contributed by atoms with E-state index in [-0.39, 0.29) is 24.8 Å². The molecule has 0 amide bonds. The molecule has 0 aliphatic carbocycles. The van der Waals surface area contributed by atoms with E-state index in [4.69, 9.17) is 9.47 Å². The summed E-state index contributed by atoms with van der Waals surface area (Å²) in [6, 6.07) is 0. The van der Waals surface area contributed by atoms with Crippen molar-refractivity contribution in [3.63, 3.8) is 0 Å². The summed E-state index contributed by atoms with van der Waals surface area (Å²) in [7, 11) is 0. The number of carbonyl (C=O) groups is 2. The van der Waals surface area contributed by atoms with Gasteiger partial charge in [-0.25, -0.2) is 0 Å². The predicted octanol–water partition coefficient (Wildman–Crippen LogP) is 4.57. The molecule has 22 heavy (non-hydrogen) atoms. The van der Waals surface area contributed by atoms with E-state index in [0.29, 0.717) is 19.6 Å². The Kier molecular flexibility index (Phi) is 15.1. The quantitative estimate of drug-likeness (QED) is 0.252. The Morgan fingerprint density at radius 1 is 0.818 bits per heavy atom. The molecule has 4 heteroatoms. The minimum Gasteiger partial charge on any atom is -0.466 e. The van der Waals surface area contributed by atoms with Crippen LogP contribution in [0.1, 0.15) is 77.6 Å². The molecule has 0 saturated carbocycles. The number of ether oxygens (including phenoxy) is 2. The van der Waals surface area contributed by atoms with Crippen molar-refractivity contribution in [2.24, 2.45) is 0 Å². The normalized spacial score (nSPS) is 10.2. The molecular formula is C18H32O4. The van der Waals surface area contributed by atoms with Crippen molar-refractivity contribution in [1.29, 1.82) is 0 Å². The van der Waals surface area contributed by atoms with Gasteiger partial charge in [-0.1, -0.05) is 45.1 Å². The van der Waals surface area contributed by atoms with E-state index in [1.807, 2.05) is 0 Å². The van der Waals surface area contributed by atoms with Crippen molar-refractivity contribution in [3.05, 3.63) is 12.7 Å². The minimum atomic E-state index is -0.243.